The van der Waals surface area contributed by atoms with Crippen LogP contribution in [0.2, 0.25) is 0 Å². The molecule has 0 aliphatic heterocycles. The van der Waals surface area contributed by atoms with Gasteiger partial charge in [-0.3, -0.25) is 9.59 Å². The van der Waals surface area contributed by atoms with E-state index >= 15 is 0 Å². The summed E-state index contributed by atoms with van der Waals surface area (Å²) in [6.07, 6.45) is -3.30. The van der Waals surface area contributed by atoms with Crippen molar-refractivity contribution in [2.75, 3.05) is 13.2 Å². The van der Waals surface area contributed by atoms with E-state index in [0.29, 0.717) is 0 Å². The van der Waals surface area contributed by atoms with Gasteiger partial charge in [0.2, 0.25) is 0 Å². The van der Waals surface area contributed by atoms with Crippen molar-refractivity contribution in [3.05, 3.63) is 0 Å². The van der Waals surface area contributed by atoms with Crippen LogP contribution in [0.25, 0.3) is 0 Å². The van der Waals surface area contributed by atoms with E-state index in [2.05, 4.69) is 18.9 Å². The summed E-state index contributed by atoms with van der Waals surface area (Å²) in [5.74, 6) is -2.20. The maximum atomic E-state index is 11.2. The van der Waals surface area contributed by atoms with Crippen LogP contribution < -0.4 is 0 Å². The Morgan fingerprint density at radius 1 is 0.714 bits per heavy atom. The highest BCUT2D eigenvalue weighted by molar-refractivity contribution is 5.97. The molecular formula is C13H20O8. The summed E-state index contributed by atoms with van der Waals surface area (Å²) in [5.41, 5.74) is 0. The fourth-order valence-electron chi connectivity index (χ4n) is 0.904. The molecule has 21 heavy (non-hydrogen) atoms. The number of rotatable bonds is 6. The third-order valence-electron chi connectivity index (χ3n) is 1.75. The molecule has 0 aromatic carbocycles. The van der Waals surface area contributed by atoms with Gasteiger partial charge in [0.15, 0.2) is 0 Å². The van der Waals surface area contributed by atoms with Crippen molar-refractivity contribution < 1.29 is 38.1 Å². The minimum atomic E-state index is -1.20. The summed E-state index contributed by atoms with van der Waals surface area (Å²) >= 11 is 0. The van der Waals surface area contributed by atoms with E-state index in [1.807, 2.05) is 0 Å². The predicted molar refractivity (Wildman–Crippen MR) is 69.2 cm³/mol. The maximum absolute atomic E-state index is 11.2. The molecule has 0 spiro atoms. The lowest BCUT2D eigenvalue weighted by Crippen LogP contribution is -2.22. The van der Waals surface area contributed by atoms with Crippen molar-refractivity contribution in [3.63, 3.8) is 0 Å². The van der Waals surface area contributed by atoms with Crippen molar-refractivity contribution in [2.24, 2.45) is 11.8 Å². The molecule has 0 aromatic rings. The van der Waals surface area contributed by atoms with Crippen molar-refractivity contribution in [1.82, 2.24) is 0 Å². The molecule has 0 radical (unpaired) electrons. The number of hydrogen-bond acceptors (Lipinski definition) is 8. The molecule has 0 saturated carbocycles. The average Bonchev–Trinajstić information content (AvgIpc) is 2.33. The second-order valence-electron chi connectivity index (χ2n) is 5.03. The molecule has 0 aliphatic carbocycles. The average molecular weight is 304 g/mol. The van der Waals surface area contributed by atoms with E-state index < -0.39 is 30.7 Å². The zero-order valence-corrected chi connectivity index (χ0v) is 12.5. The van der Waals surface area contributed by atoms with Gasteiger partial charge in [0.05, 0.1) is 13.2 Å². The van der Waals surface area contributed by atoms with Crippen LogP contribution in [0.5, 0.6) is 0 Å². The second kappa shape index (κ2) is 9.73. The number of ether oxygens (including phenoxy) is 4. The topological polar surface area (TPSA) is 105 Å². The molecular weight excluding hydrogens is 284 g/mol. The molecule has 0 fully saturated rings. The van der Waals surface area contributed by atoms with Gasteiger partial charge >= 0.3 is 24.2 Å². The fraction of sp³-hybridized carbons (Fsp3) is 0.692. The van der Waals surface area contributed by atoms with E-state index in [1.54, 1.807) is 27.7 Å². The summed E-state index contributed by atoms with van der Waals surface area (Å²) < 4.78 is 17.5. The summed E-state index contributed by atoms with van der Waals surface area (Å²) in [6, 6.07) is 0. The lowest BCUT2D eigenvalue weighted by Gasteiger charge is -2.07. The quantitative estimate of drug-likeness (QED) is 0.542. The van der Waals surface area contributed by atoms with Crippen LogP contribution in [-0.2, 0) is 28.5 Å². The van der Waals surface area contributed by atoms with Crippen LogP contribution in [-0.4, -0.2) is 37.5 Å². The third kappa shape index (κ3) is 11.4. The largest absolute Gasteiger partial charge is 0.516 e. The Hall–Kier alpha value is -2.12. The number of esters is 2. The first kappa shape index (κ1) is 18.9. The van der Waals surface area contributed by atoms with Gasteiger partial charge in [-0.25, -0.2) is 9.59 Å². The predicted octanol–water partition coefficient (Wildman–Crippen LogP) is 2.05. The summed E-state index contributed by atoms with van der Waals surface area (Å²) in [7, 11) is 0. The highest BCUT2D eigenvalue weighted by Gasteiger charge is 2.20. The molecule has 0 atom stereocenters. The van der Waals surface area contributed by atoms with Gasteiger partial charge in [-0.2, -0.15) is 0 Å². The normalized spacial score (nSPS) is 10.2. The smallest absolute Gasteiger partial charge is 0.434 e. The third-order valence-corrected chi connectivity index (χ3v) is 1.75. The Kier molecular flexibility index (Phi) is 8.75. The SMILES string of the molecule is CC(C)COC(=O)OC(=O)CC(=O)OC(=O)OCC(C)C. The first-order chi connectivity index (χ1) is 9.70. The Bertz CT molecular complexity index is 350. The zero-order chi connectivity index (χ0) is 16.4. The molecule has 0 rings (SSSR count). The fourth-order valence-corrected chi connectivity index (χ4v) is 0.904. The van der Waals surface area contributed by atoms with E-state index in [1.165, 1.54) is 0 Å². The summed E-state index contributed by atoms with van der Waals surface area (Å²) in [6.45, 7) is 7.37. The van der Waals surface area contributed by atoms with Gasteiger partial charge < -0.3 is 18.9 Å². The first-order valence-corrected chi connectivity index (χ1v) is 6.45. The summed E-state index contributed by atoms with van der Waals surface area (Å²) in [5, 5.41) is 0. The van der Waals surface area contributed by atoms with Gasteiger partial charge in [0, 0.05) is 0 Å². The highest BCUT2D eigenvalue weighted by atomic mass is 16.8. The van der Waals surface area contributed by atoms with Crippen LogP contribution >= 0.6 is 0 Å². The van der Waals surface area contributed by atoms with Gasteiger partial charge in [0.25, 0.3) is 0 Å². The monoisotopic (exact) mass is 304 g/mol. The molecule has 0 aromatic heterocycles. The Balaban J connectivity index is 3.96. The van der Waals surface area contributed by atoms with Gasteiger partial charge in [-0.15, -0.1) is 0 Å². The van der Waals surface area contributed by atoms with Gasteiger partial charge in [-0.05, 0) is 11.8 Å². The lowest BCUT2D eigenvalue weighted by molar-refractivity contribution is -0.150. The van der Waals surface area contributed by atoms with Gasteiger partial charge in [0.1, 0.15) is 6.42 Å². The van der Waals surface area contributed by atoms with E-state index in [9.17, 15) is 19.2 Å². The minimum absolute atomic E-state index is 0.0772. The second-order valence-corrected chi connectivity index (χ2v) is 5.03. The molecule has 0 bridgehead atoms. The Morgan fingerprint density at radius 2 is 1.05 bits per heavy atom. The first-order valence-electron chi connectivity index (χ1n) is 6.45. The highest BCUT2D eigenvalue weighted by Crippen LogP contribution is 2.00. The van der Waals surface area contributed by atoms with Crippen molar-refractivity contribution in [1.29, 1.82) is 0 Å². The van der Waals surface area contributed by atoms with Crippen molar-refractivity contribution in [2.45, 2.75) is 34.1 Å². The molecule has 0 unspecified atom stereocenters. The van der Waals surface area contributed by atoms with Crippen molar-refractivity contribution in [3.8, 4) is 0 Å². The lowest BCUT2D eigenvalue weighted by atomic mass is 10.2. The molecule has 0 saturated heterocycles. The number of carbonyl (C=O) groups is 4. The number of hydrogen-bond donors (Lipinski definition) is 0. The van der Waals surface area contributed by atoms with Crippen LogP contribution in [0.1, 0.15) is 34.1 Å². The van der Waals surface area contributed by atoms with Gasteiger partial charge in [-0.1, -0.05) is 27.7 Å². The maximum Gasteiger partial charge on any atom is 0.516 e. The molecule has 120 valence electrons. The summed E-state index contributed by atoms with van der Waals surface area (Å²) in [4.78, 5) is 44.4. The molecule has 0 heterocycles. The van der Waals surface area contributed by atoms with Crippen LogP contribution in [0, 0.1) is 11.8 Å². The van der Waals surface area contributed by atoms with E-state index in [0.717, 1.165) is 0 Å². The van der Waals surface area contributed by atoms with E-state index in [-0.39, 0.29) is 25.0 Å². The molecule has 0 aliphatic rings. The standard InChI is InChI=1S/C13H20O8/c1-8(2)6-18-12(16)20-10(14)5-11(15)21-13(17)19-7-9(3)4/h8-9H,5-7H2,1-4H3. The molecule has 0 amide bonds. The van der Waals surface area contributed by atoms with E-state index in [4.69, 9.17) is 0 Å². The molecule has 8 heteroatoms. The Morgan fingerprint density at radius 3 is 1.33 bits per heavy atom. The van der Waals surface area contributed by atoms with Crippen LogP contribution in [0.4, 0.5) is 9.59 Å². The minimum Gasteiger partial charge on any atom is -0.434 e. The zero-order valence-electron chi connectivity index (χ0n) is 12.5. The van der Waals surface area contributed by atoms with Crippen LogP contribution in [0.15, 0.2) is 0 Å². The molecule has 8 nitrogen and oxygen atoms in total. The molecule has 0 N–H and O–H groups in total. The van der Waals surface area contributed by atoms with Crippen LogP contribution in [0.3, 0.4) is 0 Å². The Labute approximate surface area is 122 Å². The van der Waals surface area contributed by atoms with Crippen molar-refractivity contribution >= 4 is 24.2 Å². The number of carbonyl (C=O) groups excluding carboxylic acids is 4.